The molecule has 0 heterocycles. The largest absolute Gasteiger partial charge is 0.463 e. The van der Waals surface area contributed by atoms with Gasteiger partial charge in [0.2, 0.25) is 0 Å². The maximum Gasteiger partial charge on any atom is 0.335 e. The number of carbonyl (C=O) groups excluding carboxylic acids is 1. The highest BCUT2D eigenvalue weighted by molar-refractivity contribution is 5.90. The molecule has 3 heteroatoms. The molecule has 0 saturated carbocycles. The fraction of sp³-hybridized carbons (Fsp3) is 0.167. The molecule has 2 rings (SSSR count). The summed E-state index contributed by atoms with van der Waals surface area (Å²) in [6.07, 6.45) is 0. The average molecular weight is 281 g/mol. The number of ether oxygens (including phenoxy) is 1. The van der Waals surface area contributed by atoms with Gasteiger partial charge in [-0.1, -0.05) is 55.1 Å². The Morgan fingerprint density at radius 2 is 1.67 bits per heavy atom. The first-order valence-electron chi connectivity index (χ1n) is 6.94. The SMILES string of the molecule is C=C(C(=O)OCC)[C@H](Nc1ccccc1)c1ccccc1. The number of anilines is 1. The predicted octanol–water partition coefficient (Wildman–Crippen LogP) is 3.96. The van der Waals surface area contributed by atoms with Crippen LogP contribution < -0.4 is 5.32 Å². The summed E-state index contributed by atoms with van der Waals surface area (Å²) in [5.41, 5.74) is 2.29. The van der Waals surface area contributed by atoms with E-state index in [-0.39, 0.29) is 12.0 Å². The monoisotopic (exact) mass is 281 g/mol. The number of rotatable bonds is 6. The van der Waals surface area contributed by atoms with E-state index in [0.717, 1.165) is 11.3 Å². The zero-order valence-corrected chi connectivity index (χ0v) is 12.1. The summed E-state index contributed by atoms with van der Waals surface area (Å²) in [6.45, 7) is 6.03. The van der Waals surface area contributed by atoms with Crippen molar-refractivity contribution in [1.82, 2.24) is 0 Å². The first kappa shape index (κ1) is 14.9. The molecule has 0 bridgehead atoms. The van der Waals surface area contributed by atoms with Gasteiger partial charge in [-0.05, 0) is 24.6 Å². The van der Waals surface area contributed by atoms with Gasteiger partial charge in [0, 0.05) is 5.69 Å². The number of carbonyl (C=O) groups is 1. The van der Waals surface area contributed by atoms with Crippen molar-refractivity contribution in [3.63, 3.8) is 0 Å². The first-order chi connectivity index (χ1) is 10.2. The number of benzene rings is 2. The van der Waals surface area contributed by atoms with Gasteiger partial charge in [-0.15, -0.1) is 0 Å². The van der Waals surface area contributed by atoms with Gasteiger partial charge in [-0.25, -0.2) is 4.79 Å². The van der Waals surface area contributed by atoms with Crippen molar-refractivity contribution in [1.29, 1.82) is 0 Å². The second-order valence-electron chi connectivity index (χ2n) is 4.60. The summed E-state index contributed by atoms with van der Waals surface area (Å²) >= 11 is 0. The van der Waals surface area contributed by atoms with E-state index >= 15 is 0 Å². The van der Waals surface area contributed by atoms with Crippen LogP contribution in [-0.2, 0) is 9.53 Å². The van der Waals surface area contributed by atoms with Crippen LogP contribution in [0.15, 0.2) is 72.8 Å². The molecule has 0 aromatic heterocycles. The van der Waals surface area contributed by atoms with E-state index in [1.54, 1.807) is 6.92 Å². The number of para-hydroxylation sites is 1. The van der Waals surface area contributed by atoms with Crippen LogP contribution in [0.4, 0.5) is 5.69 Å². The van der Waals surface area contributed by atoms with E-state index in [2.05, 4.69) is 11.9 Å². The lowest BCUT2D eigenvalue weighted by atomic mass is 9.99. The molecule has 1 N–H and O–H groups in total. The highest BCUT2D eigenvalue weighted by Crippen LogP contribution is 2.26. The highest BCUT2D eigenvalue weighted by atomic mass is 16.5. The van der Waals surface area contributed by atoms with Crippen molar-refractivity contribution in [2.75, 3.05) is 11.9 Å². The Kier molecular flexibility index (Phi) is 5.16. The quantitative estimate of drug-likeness (QED) is 0.643. The maximum atomic E-state index is 12.0. The average Bonchev–Trinajstić information content (AvgIpc) is 2.54. The molecule has 108 valence electrons. The molecular formula is C18H19NO2. The lowest BCUT2D eigenvalue weighted by Crippen LogP contribution is -2.20. The van der Waals surface area contributed by atoms with Crippen LogP contribution in [0, 0.1) is 0 Å². The molecular weight excluding hydrogens is 262 g/mol. The van der Waals surface area contributed by atoms with E-state index in [9.17, 15) is 4.79 Å². The van der Waals surface area contributed by atoms with Gasteiger partial charge in [0.1, 0.15) is 0 Å². The van der Waals surface area contributed by atoms with Crippen LogP contribution in [0.25, 0.3) is 0 Å². The molecule has 2 aromatic carbocycles. The molecule has 0 fully saturated rings. The molecule has 0 amide bonds. The van der Waals surface area contributed by atoms with Crippen molar-refractivity contribution >= 4 is 11.7 Å². The molecule has 0 aliphatic carbocycles. The van der Waals surface area contributed by atoms with Gasteiger partial charge in [-0.2, -0.15) is 0 Å². The molecule has 0 spiro atoms. The van der Waals surface area contributed by atoms with Crippen LogP contribution in [0.2, 0.25) is 0 Å². The molecule has 0 aliphatic rings. The predicted molar refractivity (Wildman–Crippen MR) is 85.0 cm³/mol. The number of hydrogen-bond donors (Lipinski definition) is 1. The zero-order chi connectivity index (χ0) is 15.1. The second kappa shape index (κ2) is 7.29. The fourth-order valence-electron chi connectivity index (χ4n) is 2.06. The lowest BCUT2D eigenvalue weighted by Gasteiger charge is -2.21. The second-order valence-corrected chi connectivity index (χ2v) is 4.60. The zero-order valence-electron chi connectivity index (χ0n) is 12.1. The van der Waals surface area contributed by atoms with E-state index in [1.807, 2.05) is 60.7 Å². The Labute approximate surface area is 125 Å². The van der Waals surface area contributed by atoms with Crippen molar-refractivity contribution in [3.8, 4) is 0 Å². The molecule has 1 atom stereocenters. The molecule has 0 aliphatic heterocycles. The maximum absolute atomic E-state index is 12.0. The van der Waals surface area contributed by atoms with Crippen molar-refractivity contribution in [2.24, 2.45) is 0 Å². The van der Waals surface area contributed by atoms with E-state index in [4.69, 9.17) is 4.74 Å². The third-order valence-corrected chi connectivity index (χ3v) is 3.10. The van der Waals surface area contributed by atoms with E-state index in [1.165, 1.54) is 0 Å². The van der Waals surface area contributed by atoms with E-state index in [0.29, 0.717) is 12.2 Å². The molecule has 2 aromatic rings. The van der Waals surface area contributed by atoms with Crippen LogP contribution >= 0.6 is 0 Å². The van der Waals surface area contributed by atoms with Crippen LogP contribution in [0.3, 0.4) is 0 Å². The van der Waals surface area contributed by atoms with Gasteiger partial charge >= 0.3 is 5.97 Å². The number of esters is 1. The highest BCUT2D eigenvalue weighted by Gasteiger charge is 2.21. The smallest absolute Gasteiger partial charge is 0.335 e. The lowest BCUT2D eigenvalue weighted by molar-refractivity contribution is -0.138. The topological polar surface area (TPSA) is 38.3 Å². The Morgan fingerprint density at radius 3 is 2.24 bits per heavy atom. The summed E-state index contributed by atoms with van der Waals surface area (Å²) < 4.78 is 5.07. The van der Waals surface area contributed by atoms with Gasteiger partial charge in [0.15, 0.2) is 0 Å². The number of hydrogen-bond acceptors (Lipinski definition) is 3. The van der Waals surface area contributed by atoms with Crippen LogP contribution in [0.5, 0.6) is 0 Å². The summed E-state index contributed by atoms with van der Waals surface area (Å²) in [7, 11) is 0. The number of nitrogens with one attached hydrogen (secondary N) is 1. The minimum Gasteiger partial charge on any atom is -0.463 e. The Balaban J connectivity index is 2.27. The summed E-state index contributed by atoms with van der Waals surface area (Å²) in [4.78, 5) is 12.0. The standard InChI is InChI=1S/C18H19NO2/c1-3-21-18(20)14(2)17(15-10-6-4-7-11-15)19-16-12-8-5-9-13-16/h4-13,17,19H,2-3H2,1H3/t17-/m0/s1. The Hall–Kier alpha value is -2.55. The molecule has 0 radical (unpaired) electrons. The van der Waals surface area contributed by atoms with Gasteiger partial charge in [0.25, 0.3) is 0 Å². The third kappa shape index (κ3) is 3.96. The van der Waals surface area contributed by atoms with Crippen molar-refractivity contribution < 1.29 is 9.53 Å². The van der Waals surface area contributed by atoms with Crippen LogP contribution in [0.1, 0.15) is 18.5 Å². The molecule has 0 saturated heterocycles. The summed E-state index contributed by atoms with van der Waals surface area (Å²) in [5.74, 6) is -0.380. The van der Waals surface area contributed by atoms with Crippen molar-refractivity contribution in [2.45, 2.75) is 13.0 Å². The third-order valence-electron chi connectivity index (χ3n) is 3.10. The molecule has 3 nitrogen and oxygen atoms in total. The minimum atomic E-state index is -0.380. The Morgan fingerprint density at radius 1 is 1.10 bits per heavy atom. The van der Waals surface area contributed by atoms with Crippen LogP contribution in [-0.4, -0.2) is 12.6 Å². The Bertz CT molecular complexity index is 593. The van der Waals surface area contributed by atoms with E-state index < -0.39 is 0 Å². The normalized spacial score (nSPS) is 11.5. The van der Waals surface area contributed by atoms with Gasteiger partial charge in [0.05, 0.1) is 18.2 Å². The molecule has 21 heavy (non-hydrogen) atoms. The minimum absolute atomic E-state index is 0.312. The first-order valence-corrected chi connectivity index (χ1v) is 6.94. The van der Waals surface area contributed by atoms with Crippen molar-refractivity contribution in [3.05, 3.63) is 78.4 Å². The summed E-state index contributed by atoms with van der Waals surface area (Å²) in [5, 5.41) is 3.33. The fourth-order valence-corrected chi connectivity index (χ4v) is 2.06. The molecule has 0 unspecified atom stereocenters. The van der Waals surface area contributed by atoms with Gasteiger partial charge in [-0.3, -0.25) is 0 Å². The van der Waals surface area contributed by atoms with Gasteiger partial charge < -0.3 is 10.1 Å². The summed E-state index contributed by atoms with van der Waals surface area (Å²) in [6, 6.07) is 19.2.